The van der Waals surface area contributed by atoms with E-state index in [1.54, 1.807) is 18.6 Å². The second-order valence-corrected chi connectivity index (χ2v) is 5.72. The van der Waals surface area contributed by atoms with Crippen molar-refractivity contribution in [2.75, 3.05) is 0 Å². The average molecular weight is 331 g/mol. The van der Waals surface area contributed by atoms with Gasteiger partial charge < -0.3 is 10.1 Å². The highest BCUT2D eigenvalue weighted by atomic mass is 16.5. The maximum atomic E-state index is 12.4. The molecule has 0 aliphatic heterocycles. The molecule has 0 fully saturated rings. The number of pyridine rings is 2. The van der Waals surface area contributed by atoms with Gasteiger partial charge in [0.05, 0.1) is 5.52 Å². The molecule has 2 radical (unpaired) electrons. The van der Waals surface area contributed by atoms with Gasteiger partial charge in [0.2, 0.25) is 0 Å². The Hall–Kier alpha value is -2.89. The molecule has 1 amide bonds. The summed E-state index contributed by atoms with van der Waals surface area (Å²) < 4.78 is 5.87. The zero-order valence-electron chi connectivity index (χ0n) is 14.0. The molecule has 0 saturated carbocycles. The molecule has 124 valence electrons. The van der Waals surface area contributed by atoms with E-state index >= 15 is 0 Å². The summed E-state index contributed by atoms with van der Waals surface area (Å²) in [5.41, 5.74) is 2.36. The molecule has 1 N–H and O–H groups in total. The summed E-state index contributed by atoms with van der Waals surface area (Å²) in [5.74, 6) is 0.459. The molecule has 3 aromatic rings. The number of fused-ring (bicyclic) bond motifs is 1. The summed E-state index contributed by atoms with van der Waals surface area (Å²) in [6.07, 6.45) is 5.03. The van der Waals surface area contributed by atoms with Crippen LogP contribution in [0.25, 0.3) is 10.9 Å². The number of nitrogens with one attached hydrogen (secondary N) is 1. The highest BCUT2D eigenvalue weighted by Gasteiger charge is 2.18. The predicted octanol–water partition coefficient (Wildman–Crippen LogP) is 1.90. The minimum absolute atomic E-state index is 0.155. The summed E-state index contributed by atoms with van der Waals surface area (Å²) in [5, 5.41) is 3.76. The smallest absolute Gasteiger partial charge is 0.261 e. The summed E-state index contributed by atoms with van der Waals surface area (Å²) in [6.45, 7) is 2.33. The van der Waals surface area contributed by atoms with Crippen LogP contribution in [0.5, 0.6) is 5.75 Å². The lowest BCUT2D eigenvalue weighted by molar-refractivity contribution is -0.128. The second kappa shape index (κ2) is 7.79. The molecule has 6 heteroatoms. The number of amides is 1. The van der Waals surface area contributed by atoms with Crippen molar-refractivity contribution in [2.45, 2.75) is 26.0 Å². The molecular formula is C19H18BN3O2. The van der Waals surface area contributed by atoms with Gasteiger partial charge in [-0.1, -0.05) is 24.5 Å². The fourth-order valence-corrected chi connectivity index (χ4v) is 2.49. The molecule has 25 heavy (non-hydrogen) atoms. The number of carbonyl (C=O) groups excluding carboxylic acids is 1. The van der Waals surface area contributed by atoms with Crippen LogP contribution in [0.3, 0.4) is 0 Å². The Bertz CT molecular complexity index is 871. The zero-order valence-corrected chi connectivity index (χ0v) is 14.0. The van der Waals surface area contributed by atoms with Gasteiger partial charge in [-0.25, -0.2) is 0 Å². The predicted molar refractivity (Wildman–Crippen MR) is 97.9 cm³/mol. The number of rotatable bonds is 6. The fraction of sp³-hybridized carbons (Fsp3) is 0.211. The van der Waals surface area contributed by atoms with E-state index in [1.165, 1.54) is 0 Å². The normalized spacial score (nSPS) is 11.9. The molecule has 0 aliphatic carbocycles. The largest absolute Gasteiger partial charge is 0.481 e. The first-order valence-electron chi connectivity index (χ1n) is 8.14. The number of ether oxygens (including phenoxy) is 1. The highest BCUT2D eigenvalue weighted by molar-refractivity contribution is 6.32. The van der Waals surface area contributed by atoms with Crippen LogP contribution in [-0.4, -0.2) is 29.8 Å². The summed E-state index contributed by atoms with van der Waals surface area (Å²) >= 11 is 0. The van der Waals surface area contributed by atoms with Gasteiger partial charge in [-0.2, -0.15) is 0 Å². The van der Waals surface area contributed by atoms with E-state index in [1.807, 2.05) is 43.3 Å². The number of nitrogens with zero attached hydrogens (tertiary/aromatic N) is 2. The van der Waals surface area contributed by atoms with Crippen LogP contribution in [0.1, 0.15) is 18.9 Å². The zero-order chi connectivity index (χ0) is 17.6. The van der Waals surface area contributed by atoms with E-state index < -0.39 is 6.10 Å². The molecule has 3 rings (SSSR count). The van der Waals surface area contributed by atoms with Gasteiger partial charge in [-0.05, 0) is 36.2 Å². The Kier molecular flexibility index (Phi) is 5.28. The number of aromatic nitrogens is 2. The van der Waals surface area contributed by atoms with Gasteiger partial charge >= 0.3 is 0 Å². The van der Waals surface area contributed by atoms with Crippen molar-refractivity contribution in [1.29, 1.82) is 0 Å². The molecular weight excluding hydrogens is 313 g/mol. The van der Waals surface area contributed by atoms with Crippen LogP contribution in [0.4, 0.5) is 0 Å². The fourth-order valence-electron chi connectivity index (χ4n) is 2.49. The van der Waals surface area contributed by atoms with Crippen LogP contribution < -0.4 is 15.5 Å². The number of carbonyl (C=O) groups is 1. The van der Waals surface area contributed by atoms with Crippen LogP contribution in [-0.2, 0) is 11.3 Å². The highest BCUT2D eigenvalue weighted by Crippen LogP contribution is 2.20. The van der Waals surface area contributed by atoms with E-state index in [9.17, 15) is 4.79 Å². The quantitative estimate of drug-likeness (QED) is 0.701. The van der Waals surface area contributed by atoms with Crippen molar-refractivity contribution in [1.82, 2.24) is 15.3 Å². The molecule has 0 aliphatic rings. The lowest BCUT2D eigenvalue weighted by Crippen LogP contribution is -2.37. The van der Waals surface area contributed by atoms with Crippen LogP contribution in [0, 0.1) is 0 Å². The molecule has 0 saturated heterocycles. The third-order valence-electron chi connectivity index (χ3n) is 3.80. The van der Waals surface area contributed by atoms with Crippen molar-refractivity contribution in [3.8, 4) is 5.75 Å². The van der Waals surface area contributed by atoms with E-state index in [2.05, 4.69) is 15.3 Å². The van der Waals surface area contributed by atoms with Crippen molar-refractivity contribution >= 4 is 30.1 Å². The van der Waals surface area contributed by atoms with Crippen LogP contribution >= 0.6 is 0 Å². The SMILES string of the molecule is [B]c1cnc2ccc(OC(CC)C(=O)NCc3cccnc3)cc2c1. The van der Waals surface area contributed by atoms with Gasteiger partial charge in [-0.3, -0.25) is 14.8 Å². The molecule has 0 bridgehead atoms. The number of hydrogen-bond donors (Lipinski definition) is 1. The Morgan fingerprint density at radius 1 is 1.28 bits per heavy atom. The van der Waals surface area contributed by atoms with Crippen molar-refractivity contribution in [2.24, 2.45) is 0 Å². The lowest BCUT2D eigenvalue weighted by Gasteiger charge is -2.17. The molecule has 2 heterocycles. The van der Waals surface area contributed by atoms with Crippen LogP contribution in [0.15, 0.2) is 55.0 Å². The van der Waals surface area contributed by atoms with E-state index in [4.69, 9.17) is 12.6 Å². The van der Waals surface area contributed by atoms with E-state index in [-0.39, 0.29) is 5.91 Å². The first-order chi connectivity index (χ1) is 12.2. The molecule has 1 atom stereocenters. The minimum Gasteiger partial charge on any atom is -0.481 e. The second-order valence-electron chi connectivity index (χ2n) is 5.72. The molecule has 1 aromatic carbocycles. The average Bonchev–Trinajstić information content (AvgIpc) is 2.64. The van der Waals surface area contributed by atoms with Gasteiger partial charge in [0.25, 0.3) is 5.91 Å². The van der Waals surface area contributed by atoms with Gasteiger partial charge in [-0.15, -0.1) is 0 Å². The Balaban J connectivity index is 1.67. The molecule has 2 aromatic heterocycles. The monoisotopic (exact) mass is 331 g/mol. The van der Waals surface area contributed by atoms with Crippen LogP contribution in [0.2, 0.25) is 0 Å². The third-order valence-corrected chi connectivity index (χ3v) is 3.80. The third kappa shape index (κ3) is 4.35. The summed E-state index contributed by atoms with van der Waals surface area (Å²) in [6, 6.07) is 11.1. The maximum absolute atomic E-state index is 12.4. The van der Waals surface area contributed by atoms with E-state index in [0.717, 1.165) is 16.5 Å². The topological polar surface area (TPSA) is 64.1 Å². The standard InChI is InChI=1S/C19H18BN3O2/c1-2-18(19(24)23-11-13-4-3-7-21-10-13)25-16-5-6-17-14(9-16)8-15(20)12-22-17/h3-10,12,18H,2,11H2,1H3,(H,23,24). The first-order valence-corrected chi connectivity index (χ1v) is 8.14. The Morgan fingerprint density at radius 3 is 2.92 bits per heavy atom. The number of benzene rings is 1. The van der Waals surface area contributed by atoms with E-state index in [0.29, 0.717) is 24.2 Å². The first kappa shape index (κ1) is 17.0. The van der Waals surface area contributed by atoms with Gasteiger partial charge in [0, 0.05) is 30.5 Å². The molecule has 1 unspecified atom stereocenters. The van der Waals surface area contributed by atoms with Gasteiger partial charge in [0.1, 0.15) is 13.6 Å². The lowest BCUT2D eigenvalue weighted by atomic mass is 9.97. The number of hydrogen-bond acceptors (Lipinski definition) is 4. The Morgan fingerprint density at radius 2 is 2.16 bits per heavy atom. The molecule has 0 spiro atoms. The maximum Gasteiger partial charge on any atom is 0.261 e. The minimum atomic E-state index is -0.567. The summed E-state index contributed by atoms with van der Waals surface area (Å²) in [4.78, 5) is 20.7. The van der Waals surface area contributed by atoms with Crippen molar-refractivity contribution in [3.63, 3.8) is 0 Å². The molecule has 5 nitrogen and oxygen atoms in total. The summed E-state index contributed by atoms with van der Waals surface area (Å²) in [7, 11) is 5.77. The van der Waals surface area contributed by atoms with Crippen molar-refractivity contribution < 1.29 is 9.53 Å². The van der Waals surface area contributed by atoms with Crippen molar-refractivity contribution in [3.05, 3.63) is 60.6 Å². The van der Waals surface area contributed by atoms with Gasteiger partial charge in [0.15, 0.2) is 6.10 Å². The Labute approximate surface area is 147 Å².